The Morgan fingerprint density at radius 3 is 2.83 bits per heavy atom. The SMILES string of the molecule is C=Cc1nc([N+](=O)[O-])[nH]c1CO. The van der Waals surface area contributed by atoms with Crippen LogP contribution in [-0.4, -0.2) is 20.0 Å². The van der Waals surface area contributed by atoms with Crippen molar-refractivity contribution in [3.05, 3.63) is 28.1 Å². The Kier molecular flexibility index (Phi) is 2.20. The molecule has 6 nitrogen and oxygen atoms in total. The molecule has 0 atom stereocenters. The highest BCUT2D eigenvalue weighted by atomic mass is 16.6. The summed E-state index contributed by atoms with van der Waals surface area (Å²) < 4.78 is 0. The van der Waals surface area contributed by atoms with Gasteiger partial charge in [0.1, 0.15) is 12.3 Å². The lowest BCUT2D eigenvalue weighted by molar-refractivity contribution is -0.393. The minimum Gasteiger partial charge on any atom is -0.390 e. The quantitative estimate of drug-likeness (QED) is 0.507. The maximum absolute atomic E-state index is 10.2. The maximum Gasteiger partial charge on any atom is 0.433 e. The summed E-state index contributed by atoms with van der Waals surface area (Å²) in [6, 6.07) is 0. The lowest BCUT2D eigenvalue weighted by atomic mass is 10.3. The maximum atomic E-state index is 10.2. The number of nitrogens with one attached hydrogen (secondary N) is 1. The van der Waals surface area contributed by atoms with Crippen LogP contribution in [-0.2, 0) is 6.61 Å². The van der Waals surface area contributed by atoms with E-state index >= 15 is 0 Å². The summed E-state index contributed by atoms with van der Waals surface area (Å²) in [5, 5.41) is 18.9. The van der Waals surface area contributed by atoms with Gasteiger partial charge in [0, 0.05) is 0 Å². The van der Waals surface area contributed by atoms with Crippen molar-refractivity contribution in [1.29, 1.82) is 0 Å². The summed E-state index contributed by atoms with van der Waals surface area (Å²) in [6.07, 6.45) is 1.34. The van der Waals surface area contributed by atoms with Crippen molar-refractivity contribution in [1.82, 2.24) is 9.97 Å². The molecule has 0 amide bonds. The summed E-state index contributed by atoms with van der Waals surface area (Å²) in [4.78, 5) is 15.5. The molecule has 0 saturated heterocycles. The van der Waals surface area contributed by atoms with Crippen LogP contribution in [0, 0.1) is 10.1 Å². The van der Waals surface area contributed by atoms with E-state index in [0.717, 1.165) is 0 Å². The average Bonchev–Trinajstić information content (AvgIpc) is 2.46. The molecule has 0 aliphatic rings. The van der Waals surface area contributed by atoms with Crippen LogP contribution in [0.1, 0.15) is 11.4 Å². The van der Waals surface area contributed by atoms with Gasteiger partial charge in [-0.1, -0.05) is 11.6 Å². The average molecular weight is 169 g/mol. The predicted octanol–water partition coefficient (Wildman–Crippen LogP) is 0.453. The molecule has 6 heteroatoms. The molecular weight excluding hydrogens is 162 g/mol. The van der Waals surface area contributed by atoms with E-state index < -0.39 is 4.92 Å². The molecule has 1 aromatic heterocycles. The van der Waals surface area contributed by atoms with Gasteiger partial charge in [-0.25, -0.2) is 4.98 Å². The van der Waals surface area contributed by atoms with Crippen LogP contribution < -0.4 is 0 Å². The Bertz CT molecular complexity index is 318. The van der Waals surface area contributed by atoms with Crippen molar-refractivity contribution in [3.63, 3.8) is 0 Å². The second-order valence-corrected chi connectivity index (χ2v) is 2.04. The molecule has 0 spiro atoms. The number of rotatable bonds is 3. The Hall–Kier alpha value is -1.69. The minimum absolute atomic E-state index is 0.303. The van der Waals surface area contributed by atoms with E-state index in [2.05, 4.69) is 16.5 Å². The van der Waals surface area contributed by atoms with Crippen LogP contribution in [0.4, 0.5) is 5.95 Å². The van der Waals surface area contributed by atoms with Gasteiger partial charge in [-0.15, -0.1) is 0 Å². The molecule has 0 fully saturated rings. The summed E-state index contributed by atoms with van der Waals surface area (Å²) >= 11 is 0. The normalized spacial score (nSPS) is 9.75. The van der Waals surface area contributed by atoms with Crippen molar-refractivity contribution < 1.29 is 10.0 Å². The van der Waals surface area contributed by atoms with Crippen LogP contribution in [0.5, 0.6) is 0 Å². The molecular formula is C6H7N3O3. The third-order valence-corrected chi connectivity index (χ3v) is 1.32. The van der Waals surface area contributed by atoms with E-state index in [1.165, 1.54) is 6.08 Å². The van der Waals surface area contributed by atoms with Gasteiger partial charge in [-0.05, 0) is 11.0 Å². The highest BCUT2D eigenvalue weighted by Crippen LogP contribution is 2.12. The molecule has 1 aromatic rings. The first-order valence-corrected chi connectivity index (χ1v) is 3.15. The van der Waals surface area contributed by atoms with E-state index in [1.54, 1.807) is 0 Å². The topological polar surface area (TPSA) is 92.0 Å². The van der Waals surface area contributed by atoms with E-state index in [-0.39, 0.29) is 12.6 Å². The molecule has 1 rings (SSSR count). The number of aliphatic hydroxyl groups excluding tert-OH is 1. The van der Waals surface area contributed by atoms with E-state index in [9.17, 15) is 10.1 Å². The first-order chi connectivity index (χ1) is 5.69. The largest absolute Gasteiger partial charge is 0.433 e. The standard InChI is InChI=1S/C6H7N3O3/c1-2-4-5(3-10)8-6(7-4)9(11)12/h2,10H,1,3H2,(H,7,8). The van der Waals surface area contributed by atoms with Gasteiger partial charge in [0.15, 0.2) is 5.69 Å². The molecule has 64 valence electrons. The lowest BCUT2D eigenvalue weighted by Crippen LogP contribution is -1.90. The molecule has 1 heterocycles. The number of imidazole rings is 1. The van der Waals surface area contributed by atoms with Crippen LogP contribution in [0.15, 0.2) is 6.58 Å². The fourth-order valence-electron chi connectivity index (χ4n) is 0.784. The number of nitrogens with zero attached hydrogens (tertiary/aromatic N) is 2. The third kappa shape index (κ3) is 1.32. The second kappa shape index (κ2) is 3.14. The fraction of sp³-hybridized carbons (Fsp3) is 0.167. The molecule has 2 N–H and O–H groups in total. The van der Waals surface area contributed by atoms with E-state index in [4.69, 9.17) is 5.11 Å². The van der Waals surface area contributed by atoms with Crippen LogP contribution in [0.25, 0.3) is 6.08 Å². The number of hydrogen-bond acceptors (Lipinski definition) is 4. The third-order valence-electron chi connectivity index (χ3n) is 1.32. The summed E-state index contributed by atoms with van der Waals surface area (Å²) in [5.41, 5.74) is 0.612. The Labute approximate surface area is 67.7 Å². The van der Waals surface area contributed by atoms with Gasteiger partial charge < -0.3 is 15.2 Å². The zero-order valence-electron chi connectivity index (χ0n) is 6.15. The Morgan fingerprint density at radius 1 is 1.83 bits per heavy atom. The molecule has 0 aliphatic carbocycles. The zero-order valence-corrected chi connectivity index (χ0v) is 6.15. The van der Waals surface area contributed by atoms with Crippen LogP contribution in [0.3, 0.4) is 0 Å². The van der Waals surface area contributed by atoms with Crippen molar-refractivity contribution in [2.45, 2.75) is 6.61 Å². The van der Waals surface area contributed by atoms with Gasteiger partial charge in [-0.3, -0.25) is 0 Å². The Morgan fingerprint density at radius 2 is 2.50 bits per heavy atom. The van der Waals surface area contributed by atoms with Crippen LogP contribution >= 0.6 is 0 Å². The summed E-state index contributed by atoms with van der Waals surface area (Å²) in [7, 11) is 0. The molecule has 0 radical (unpaired) electrons. The predicted molar refractivity (Wildman–Crippen MR) is 41.3 cm³/mol. The molecule has 0 aromatic carbocycles. The molecule has 0 unspecified atom stereocenters. The first-order valence-electron chi connectivity index (χ1n) is 3.15. The van der Waals surface area contributed by atoms with Gasteiger partial charge in [0.25, 0.3) is 0 Å². The van der Waals surface area contributed by atoms with Crippen molar-refractivity contribution >= 4 is 12.0 Å². The Balaban J connectivity index is 3.13. The molecule has 12 heavy (non-hydrogen) atoms. The second-order valence-electron chi connectivity index (χ2n) is 2.04. The van der Waals surface area contributed by atoms with Gasteiger partial charge >= 0.3 is 5.95 Å². The van der Waals surface area contributed by atoms with Gasteiger partial charge in [-0.2, -0.15) is 0 Å². The van der Waals surface area contributed by atoms with Gasteiger partial charge in [0.05, 0.1) is 0 Å². The molecule has 0 aliphatic heterocycles. The molecule has 0 saturated carbocycles. The minimum atomic E-state index is -0.661. The van der Waals surface area contributed by atoms with Crippen LogP contribution in [0.2, 0.25) is 0 Å². The summed E-state index contributed by atoms with van der Waals surface area (Å²) in [6.45, 7) is 3.08. The van der Waals surface area contributed by atoms with Crippen molar-refractivity contribution in [3.8, 4) is 0 Å². The molecule has 0 bridgehead atoms. The number of H-pyrrole nitrogens is 1. The monoisotopic (exact) mass is 169 g/mol. The smallest absolute Gasteiger partial charge is 0.390 e. The van der Waals surface area contributed by atoms with E-state index in [1.807, 2.05) is 0 Å². The van der Waals surface area contributed by atoms with Crippen molar-refractivity contribution in [2.75, 3.05) is 0 Å². The highest BCUT2D eigenvalue weighted by molar-refractivity contribution is 5.46. The number of nitro groups is 1. The zero-order chi connectivity index (χ0) is 9.14. The lowest BCUT2D eigenvalue weighted by Gasteiger charge is -1.85. The number of aromatic nitrogens is 2. The first kappa shape index (κ1) is 8.41. The van der Waals surface area contributed by atoms with Crippen molar-refractivity contribution in [2.24, 2.45) is 0 Å². The number of aromatic amines is 1. The number of aliphatic hydroxyl groups is 1. The fourth-order valence-corrected chi connectivity index (χ4v) is 0.784. The van der Waals surface area contributed by atoms with E-state index in [0.29, 0.717) is 11.4 Å². The highest BCUT2D eigenvalue weighted by Gasteiger charge is 2.16. The summed E-state index contributed by atoms with van der Waals surface area (Å²) in [5.74, 6) is -0.381. The van der Waals surface area contributed by atoms with Gasteiger partial charge in [0.2, 0.25) is 0 Å². The number of hydrogen-bond donors (Lipinski definition) is 2.